The maximum atomic E-state index is 10.9. The lowest BCUT2D eigenvalue weighted by Crippen LogP contribution is -2.12. The Hall–Kier alpha value is -1.37. The number of anilines is 2. The van der Waals surface area contributed by atoms with Crippen LogP contribution < -0.4 is 10.0 Å². The second-order valence-corrected chi connectivity index (χ2v) is 5.21. The lowest BCUT2D eigenvalue weighted by atomic mass is 10.3. The van der Waals surface area contributed by atoms with Crippen molar-refractivity contribution in [3.8, 4) is 0 Å². The molecule has 0 aromatic carbocycles. The molecule has 1 aromatic heterocycles. The Kier molecular flexibility index (Phi) is 4.48. The molecule has 0 radical (unpaired) electrons. The molecule has 2 N–H and O–H groups in total. The van der Waals surface area contributed by atoms with Crippen LogP contribution in [0.1, 0.15) is 19.8 Å². The first kappa shape index (κ1) is 12.7. The maximum Gasteiger partial charge on any atom is 0.231 e. The third-order valence-electron chi connectivity index (χ3n) is 1.79. The van der Waals surface area contributed by atoms with Crippen LogP contribution in [0.3, 0.4) is 0 Å². The summed E-state index contributed by atoms with van der Waals surface area (Å²) in [4.78, 5) is 0. The molecule has 1 rings (SSSR count). The van der Waals surface area contributed by atoms with Crippen molar-refractivity contribution in [1.29, 1.82) is 0 Å². The Morgan fingerprint density at radius 3 is 2.38 bits per heavy atom. The molecule has 0 saturated carbocycles. The van der Waals surface area contributed by atoms with Gasteiger partial charge < -0.3 is 5.32 Å². The Morgan fingerprint density at radius 2 is 1.88 bits per heavy atom. The quantitative estimate of drug-likeness (QED) is 0.731. The van der Waals surface area contributed by atoms with E-state index in [0.717, 1.165) is 25.6 Å². The molecule has 7 heteroatoms. The molecular formula is C9H16N4O2S. The second-order valence-electron chi connectivity index (χ2n) is 3.46. The molecule has 0 saturated heterocycles. The highest BCUT2D eigenvalue weighted by Gasteiger charge is 2.03. The zero-order valence-electron chi connectivity index (χ0n) is 9.40. The van der Waals surface area contributed by atoms with Crippen molar-refractivity contribution >= 4 is 21.7 Å². The second kappa shape index (κ2) is 5.64. The standard InChI is InChI=1S/C9H16N4O2S/c1-3-4-7-10-8-5-6-9(12-11-8)13-16(2,14)15/h5-6H,3-4,7H2,1-2H3,(H,10,11)(H,12,13). The van der Waals surface area contributed by atoms with Gasteiger partial charge in [-0.3, -0.25) is 4.72 Å². The molecular weight excluding hydrogens is 228 g/mol. The largest absolute Gasteiger partial charge is 0.369 e. The normalized spacial score (nSPS) is 11.1. The van der Waals surface area contributed by atoms with E-state index in [1.807, 2.05) is 0 Å². The van der Waals surface area contributed by atoms with Crippen molar-refractivity contribution in [2.24, 2.45) is 0 Å². The van der Waals surface area contributed by atoms with Crippen molar-refractivity contribution in [3.63, 3.8) is 0 Å². The summed E-state index contributed by atoms with van der Waals surface area (Å²) in [6.45, 7) is 2.94. The Morgan fingerprint density at radius 1 is 1.25 bits per heavy atom. The minimum atomic E-state index is -3.28. The highest BCUT2D eigenvalue weighted by Crippen LogP contribution is 2.07. The van der Waals surface area contributed by atoms with Crippen LogP contribution in [0.15, 0.2) is 12.1 Å². The summed E-state index contributed by atoms with van der Waals surface area (Å²) < 4.78 is 24.1. The van der Waals surface area contributed by atoms with Gasteiger partial charge in [-0.25, -0.2) is 8.42 Å². The van der Waals surface area contributed by atoms with E-state index in [1.54, 1.807) is 12.1 Å². The van der Waals surface area contributed by atoms with Crippen molar-refractivity contribution in [3.05, 3.63) is 12.1 Å². The molecule has 6 nitrogen and oxygen atoms in total. The first-order chi connectivity index (χ1) is 7.51. The summed E-state index contributed by atoms with van der Waals surface area (Å²) in [6.07, 6.45) is 3.24. The predicted octanol–water partition coefficient (Wildman–Crippen LogP) is 1.06. The molecule has 0 amide bonds. The average Bonchev–Trinajstić information content (AvgIpc) is 2.19. The predicted molar refractivity (Wildman–Crippen MR) is 63.9 cm³/mol. The molecule has 0 fully saturated rings. The highest BCUT2D eigenvalue weighted by atomic mass is 32.2. The number of hydrogen-bond donors (Lipinski definition) is 2. The van der Waals surface area contributed by atoms with Gasteiger partial charge >= 0.3 is 0 Å². The van der Waals surface area contributed by atoms with E-state index in [4.69, 9.17) is 0 Å². The molecule has 16 heavy (non-hydrogen) atoms. The van der Waals surface area contributed by atoms with Crippen molar-refractivity contribution in [2.45, 2.75) is 19.8 Å². The zero-order valence-corrected chi connectivity index (χ0v) is 10.2. The van der Waals surface area contributed by atoms with E-state index in [1.165, 1.54) is 0 Å². The van der Waals surface area contributed by atoms with E-state index in [0.29, 0.717) is 5.82 Å². The molecule has 0 aliphatic rings. The third kappa shape index (κ3) is 4.92. The van der Waals surface area contributed by atoms with Gasteiger partial charge in [-0.05, 0) is 18.6 Å². The van der Waals surface area contributed by atoms with Gasteiger partial charge in [-0.15, -0.1) is 10.2 Å². The number of nitrogens with zero attached hydrogens (tertiary/aromatic N) is 2. The van der Waals surface area contributed by atoms with Crippen molar-refractivity contribution < 1.29 is 8.42 Å². The van der Waals surface area contributed by atoms with Crippen molar-refractivity contribution in [2.75, 3.05) is 22.8 Å². The van der Waals surface area contributed by atoms with Gasteiger partial charge in [-0.1, -0.05) is 13.3 Å². The Balaban J connectivity index is 2.54. The van der Waals surface area contributed by atoms with Gasteiger partial charge in [0.15, 0.2) is 5.82 Å². The molecule has 0 atom stereocenters. The van der Waals surface area contributed by atoms with Crippen LogP contribution >= 0.6 is 0 Å². The molecule has 0 unspecified atom stereocenters. The van der Waals surface area contributed by atoms with Gasteiger partial charge in [-0.2, -0.15) is 0 Å². The minimum absolute atomic E-state index is 0.226. The maximum absolute atomic E-state index is 10.9. The first-order valence-corrected chi connectivity index (χ1v) is 6.96. The van der Waals surface area contributed by atoms with Gasteiger partial charge in [0.25, 0.3) is 0 Å². The van der Waals surface area contributed by atoms with Crippen LogP contribution in [-0.2, 0) is 10.0 Å². The number of aromatic nitrogens is 2. The zero-order chi connectivity index (χ0) is 12.0. The fourth-order valence-corrected chi connectivity index (χ4v) is 1.55. The van der Waals surface area contributed by atoms with E-state index in [9.17, 15) is 8.42 Å². The fourth-order valence-electron chi connectivity index (χ4n) is 1.06. The van der Waals surface area contributed by atoms with Crippen LogP contribution in [0.4, 0.5) is 11.6 Å². The Labute approximate surface area is 95.5 Å². The van der Waals surface area contributed by atoms with Crippen LogP contribution in [-0.4, -0.2) is 31.4 Å². The van der Waals surface area contributed by atoms with E-state index < -0.39 is 10.0 Å². The van der Waals surface area contributed by atoms with Crippen LogP contribution in [0.2, 0.25) is 0 Å². The molecule has 1 aromatic rings. The van der Waals surface area contributed by atoms with Gasteiger partial charge in [0.1, 0.15) is 5.82 Å². The Bertz CT molecular complexity index is 416. The average molecular weight is 244 g/mol. The van der Waals surface area contributed by atoms with E-state index in [2.05, 4.69) is 27.2 Å². The molecule has 0 aliphatic heterocycles. The van der Waals surface area contributed by atoms with Crippen LogP contribution in [0.5, 0.6) is 0 Å². The summed E-state index contributed by atoms with van der Waals surface area (Å²) in [5.74, 6) is 0.871. The lowest BCUT2D eigenvalue weighted by Gasteiger charge is -2.05. The smallest absolute Gasteiger partial charge is 0.231 e. The summed E-state index contributed by atoms with van der Waals surface area (Å²) >= 11 is 0. The van der Waals surface area contributed by atoms with Gasteiger partial charge in [0.2, 0.25) is 10.0 Å². The number of nitrogens with one attached hydrogen (secondary N) is 2. The topological polar surface area (TPSA) is 84.0 Å². The first-order valence-electron chi connectivity index (χ1n) is 5.06. The van der Waals surface area contributed by atoms with Gasteiger partial charge in [0, 0.05) is 6.54 Å². The number of unbranched alkanes of at least 4 members (excludes halogenated alkanes) is 1. The fraction of sp³-hybridized carbons (Fsp3) is 0.556. The van der Waals surface area contributed by atoms with E-state index >= 15 is 0 Å². The number of hydrogen-bond acceptors (Lipinski definition) is 5. The molecule has 0 aliphatic carbocycles. The summed E-state index contributed by atoms with van der Waals surface area (Å²) in [6, 6.07) is 3.26. The summed E-state index contributed by atoms with van der Waals surface area (Å²) in [5, 5.41) is 10.7. The SMILES string of the molecule is CCCCNc1ccc(NS(C)(=O)=O)nn1. The minimum Gasteiger partial charge on any atom is -0.369 e. The molecule has 1 heterocycles. The monoisotopic (exact) mass is 244 g/mol. The van der Waals surface area contributed by atoms with E-state index in [-0.39, 0.29) is 5.82 Å². The summed E-state index contributed by atoms with van der Waals surface area (Å²) in [7, 11) is -3.28. The summed E-state index contributed by atoms with van der Waals surface area (Å²) in [5.41, 5.74) is 0. The number of sulfonamides is 1. The molecule has 0 bridgehead atoms. The van der Waals surface area contributed by atoms with Gasteiger partial charge in [0.05, 0.1) is 6.26 Å². The van der Waals surface area contributed by atoms with Crippen molar-refractivity contribution in [1.82, 2.24) is 10.2 Å². The molecule has 0 spiro atoms. The third-order valence-corrected chi connectivity index (χ3v) is 2.37. The van der Waals surface area contributed by atoms with Crippen LogP contribution in [0.25, 0.3) is 0 Å². The molecule has 90 valence electrons. The highest BCUT2D eigenvalue weighted by molar-refractivity contribution is 7.92. The number of rotatable bonds is 6. The van der Waals surface area contributed by atoms with Crippen LogP contribution in [0, 0.1) is 0 Å². The lowest BCUT2D eigenvalue weighted by molar-refractivity contribution is 0.606.